The molecule has 3 rings (SSSR count). The van der Waals surface area contributed by atoms with Crippen molar-refractivity contribution < 1.29 is 4.74 Å². The van der Waals surface area contributed by atoms with Crippen molar-refractivity contribution in [3.8, 4) is 15.8 Å². The van der Waals surface area contributed by atoms with Gasteiger partial charge in [0.25, 0.3) is 0 Å². The van der Waals surface area contributed by atoms with Crippen LogP contribution in [0.5, 0.6) is 5.75 Å². The fourth-order valence-corrected chi connectivity index (χ4v) is 4.03. The molecular formula is C12H8ClN3OSe. The first-order valence-electron chi connectivity index (χ1n) is 5.21. The van der Waals surface area contributed by atoms with Gasteiger partial charge in [0.15, 0.2) is 0 Å². The Morgan fingerprint density at radius 3 is 2.61 bits per heavy atom. The Morgan fingerprint density at radius 2 is 1.94 bits per heavy atom. The van der Waals surface area contributed by atoms with Gasteiger partial charge < -0.3 is 0 Å². The van der Waals surface area contributed by atoms with Crippen molar-refractivity contribution in [2.45, 2.75) is 0 Å². The molecule has 1 aromatic carbocycles. The van der Waals surface area contributed by atoms with E-state index < -0.39 is 0 Å². The van der Waals surface area contributed by atoms with Crippen molar-refractivity contribution in [2.75, 3.05) is 7.11 Å². The molecule has 3 aromatic rings. The molecule has 0 fully saturated rings. The van der Waals surface area contributed by atoms with E-state index in [-0.39, 0.29) is 14.5 Å². The summed E-state index contributed by atoms with van der Waals surface area (Å²) in [5.74, 6) is 0.849. The zero-order valence-corrected chi connectivity index (χ0v) is 11.9. The molecule has 90 valence electrons. The average molecular weight is 325 g/mol. The molecule has 0 unspecified atom stereocenters. The number of fused-ring (bicyclic) bond motifs is 1. The van der Waals surface area contributed by atoms with Gasteiger partial charge >= 0.3 is 114 Å². The van der Waals surface area contributed by atoms with Crippen LogP contribution in [0, 0.1) is 0 Å². The monoisotopic (exact) mass is 325 g/mol. The van der Waals surface area contributed by atoms with Crippen LogP contribution >= 0.6 is 11.6 Å². The first-order chi connectivity index (χ1) is 8.78. The first kappa shape index (κ1) is 11.7. The predicted molar refractivity (Wildman–Crippen MR) is 71.3 cm³/mol. The van der Waals surface area contributed by atoms with Gasteiger partial charge in [0.1, 0.15) is 0 Å². The zero-order valence-electron chi connectivity index (χ0n) is 9.42. The molecular weight excluding hydrogens is 317 g/mol. The van der Waals surface area contributed by atoms with Crippen molar-refractivity contribution in [3.05, 3.63) is 35.5 Å². The topological polar surface area (TPSA) is 47.9 Å². The number of aromatic nitrogens is 3. The molecule has 0 amide bonds. The molecule has 0 N–H and O–H groups in total. The second-order valence-electron chi connectivity index (χ2n) is 3.63. The molecule has 2 aromatic heterocycles. The van der Waals surface area contributed by atoms with E-state index in [1.165, 1.54) is 4.44 Å². The molecule has 0 aliphatic rings. The zero-order chi connectivity index (χ0) is 12.5. The van der Waals surface area contributed by atoms with Crippen molar-refractivity contribution in [1.29, 1.82) is 0 Å². The SMILES string of the molecule is COc1ccc(-c2cc3nnnc(Cl)c3[se]2)cc1. The quantitative estimate of drug-likeness (QED) is 0.679. The van der Waals surface area contributed by atoms with Crippen LogP contribution in [-0.4, -0.2) is 37.0 Å². The van der Waals surface area contributed by atoms with Crippen LogP contribution in [0.4, 0.5) is 0 Å². The molecule has 18 heavy (non-hydrogen) atoms. The van der Waals surface area contributed by atoms with E-state index in [9.17, 15) is 0 Å². The Balaban J connectivity index is 2.10. The van der Waals surface area contributed by atoms with Crippen LogP contribution in [0.2, 0.25) is 5.15 Å². The van der Waals surface area contributed by atoms with Crippen LogP contribution in [0.25, 0.3) is 19.8 Å². The summed E-state index contributed by atoms with van der Waals surface area (Å²) in [5.41, 5.74) is 1.99. The summed E-state index contributed by atoms with van der Waals surface area (Å²) in [4.78, 5) is 0. The van der Waals surface area contributed by atoms with Gasteiger partial charge in [-0.2, -0.15) is 0 Å². The number of methoxy groups -OCH3 is 1. The van der Waals surface area contributed by atoms with E-state index in [0.29, 0.717) is 5.15 Å². The second kappa shape index (κ2) is 4.69. The summed E-state index contributed by atoms with van der Waals surface area (Å²) < 4.78 is 7.38. The molecule has 0 saturated carbocycles. The van der Waals surface area contributed by atoms with Gasteiger partial charge in [-0.05, 0) is 0 Å². The Bertz CT molecular complexity index is 696. The summed E-state index contributed by atoms with van der Waals surface area (Å²) in [6.07, 6.45) is 0. The minimum absolute atomic E-state index is 0.129. The van der Waals surface area contributed by atoms with E-state index in [2.05, 4.69) is 15.4 Å². The van der Waals surface area contributed by atoms with Crippen molar-refractivity contribution in [1.82, 2.24) is 15.4 Å². The van der Waals surface area contributed by atoms with Crippen molar-refractivity contribution in [3.63, 3.8) is 0 Å². The molecule has 0 bridgehead atoms. The van der Waals surface area contributed by atoms with Gasteiger partial charge in [-0.25, -0.2) is 0 Å². The van der Waals surface area contributed by atoms with E-state index in [4.69, 9.17) is 16.3 Å². The number of hydrogen-bond acceptors (Lipinski definition) is 4. The van der Waals surface area contributed by atoms with Crippen LogP contribution in [-0.2, 0) is 0 Å². The Labute approximate surface area is 114 Å². The summed E-state index contributed by atoms with van der Waals surface area (Å²) in [7, 11) is 1.66. The Kier molecular flexibility index (Phi) is 3.04. The first-order valence-corrected chi connectivity index (χ1v) is 7.30. The second-order valence-corrected chi connectivity index (χ2v) is 6.20. The van der Waals surface area contributed by atoms with E-state index in [1.807, 2.05) is 30.3 Å². The number of nitrogens with zero attached hydrogens (tertiary/aromatic N) is 3. The van der Waals surface area contributed by atoms with Gasteiger partial charge in [-0.1, -0.05) is 0 Å². The van der Waals surface area contributed by atoms with Crippen LogP contribution in [0.15, 0.2) is 30.3 Å². The summed E-state index contributed by atoms with van der Waals surface area (Å²) in [5, 5.41) is 11.9. The number of hydrogen-bond donors (Lipinski definition) is 0. The predicted octanol–water partition coefficient (Wildman–Crippen LogP) is 2.41. The van der Waals surface area contributed by atoms with Crippen LogP contribution in [0.1, 0.15) is 0 Å². The van der Waals surface area contributed by atoms with E-state index in [1.54, 1.807) is 7.11 Å². The van der Waals surface area contributed by atoms with Gasteiger partial charge in [-0.3, -0.25) is 0 Å². The third-order valence-corrected chi connectivity index (χ3v) is 5.55. The third kappa shape index (κ3) is 2.01. The maximum atomic E-state index is 6.02. The molecule has 2 heterocycles. The van der Waals surface area contributed by atoms with Gasteiger partial charge in [0.2, 0.25) is 0 Å². The summed E-state index contributed by atoms with van der Waals surface area (Å²) in [6, 6.07) is 9.99. The molecule has 0 atom stereocenters. The van der Waals surface area contributed by atoms with Crippen LogP contribution in [0.3, 0.4) is 0 Å². The van der Waals surface area contributed by atoms with Crippen molar-refractivity contribution in [2.24, 2.45) is 0 Å². The molecule has 4 nitrogen and oxygen atoms in total. The fourth-order valence-electron chi connectivity index (χ4n) is 1.66. The molecule has 6 heteroatoms. The molecule has 0 saturated heterocycles. The number of benzene rings is 1. The maximum absolute atomic E-state index is 6.02. The van der Waals surface area contributed by atoms with Crippen LogP contribution < -0.4 is 4.74 Å². The van der Waals surface area contributed by atoms with E-state index >= 15 is 0 Å². The van der Waals surface area contributed by atoms with Gasteiger partial charge in [0.05, 0.1) is 0 Å². The fraction of sp³-hybridized carbons (Fsp3) is 0.0833. The Hall–Kier alpha value is -1.42. The van der Waals surface area contributed by atoms with Gasteiger partial charge in [-0.15, -0.1) is 0 Å². The third-order valence-electron chi connectivity index (χ3n) is 2.56. The van der Waals surface area contributed by atoms with E-state index in [0.717, 1.165) is 21.1 Å². The summed E-state index contributed by atoms with van der Waals surface area (Å²) in [6.45, 7) is 0. The minimum atomic E-state index is 0.129. The number of rotatable bonds is 2. The molecule has 0 spiro atoms. The summed E-state index contributed by atoms with van der Waals surface area (Å²) >= 11 is 6.15. The molecule has 0 aliphatic heterocycles. The number of halogens is 1. The average Bonchev–Trinajstić information content (AvgIpc) is 2.84. The van der Waals surface area contributed by atoms with Gasteiger partial charge in [0, 0.05) is 0 Å². The standard InChI is InChI=1S/C12H8ClN3OSe/c1-17-8-4-2-7(3-5-8)10-6-9-11(18-10)12(13)15-16-14-9/h2-6H,1H3. The van der Waals surface area contributed by atoms with Crippen molar-refractivity contribution >= 4 is 35.9 Å². The normalized spacial score (nSPS) is 10.8. The molecule has 0 radical (unpaired) electrons. The number of ether oxygens (including phenoxy) is 1. The Morgan fingerprint density at radius 1 is 1.17 bits per heavy atom. The molecule has 0 aliphatic carbocycles.